The third-order valence-electron chi connectivity index (χ3n) is 2.41. The van der Waals surface area contributed by atoms with Crippen molar-refractivity contribution in [3.63, 3.8) is 0 Å². The predicted octanol–water partition coefficient (Wildman–Crippen LogP) is 2.71. The average Bonchev–Trinajstić information content (AvgIpc) is 2.40. The van der Waals surface area contributed by atoms with E-state index in [9.17, 15) is 9.59 Å². The molecule has 0 fully saturated rings. The first-order valence-electron chi connectivity index (χ1n) is 6.12. The van der Waals surface area contributed by atoms with Gasteiger partial charge in [0.1, 0.15) is 0 Å². The Hall–Kier alpha value is -2.13. The van der Waals surface area contributed by atoms with Crippen LogP contribution in [-0.2, 0) is 22.4 Å². The summed E-state index contributed by atoms with van der Waals surface area (Å²) < 4.78 is 0. The molecule has 0 aliphatic carbocycles. The van der Waals surface area contributed by atoms with Crippen molar-refractivity contribution in [1.82, 2.24) is 0 Å². The quantitative estimate of drug-likeness (QED) is 0.880. The molecule has 4 heteroatoms. The van der Waals surface area contributed by atoms with Crippen molar-refractivity contribution < 1.29 is 9.59 Å². The molecule has 0 unspecified atom stereocenters. The molecule has 2 N–H and O–H groups in total. The van der Waals surface area contributed by atoms with Gasteiger partial charge in [-0.25, -0.2) is 0 Å². The molecular formula is C16H16ClNO2. The van der Waals surface area contributed by atoms with E-state index < -0.39 is 0 Å². The number of halogens is 1. The Morgan fingerprint density at radius 3 is 1.55 bits per heavy atom. The summed E-state index contributed by atoms with van der Waals surface area (Å²) in [6.45, 7) is 0. The van der Waals surface area contributed by atoms with E-state index in [0.717, 1.165) is 11.1 Å². The Kier molecular flexibility index (Phi) is 7.07. The normalized spacial score (nSPS) is 9.25. The van der Waals surface area contributed by atoms with Crippen LogP contribution in [0.4, 0.5) is 0 Å². The van der Waals surface area contributed by atoms with Gasteiger partial charge in [-0.1, -0.05) is 60.7 Å². The van der Waals surface area contributed by atoms with Gasteiger partial charge in [-0.15, -0.1) is 0 Å². The Morgan fingerprint density at radius 2 is 1.20 bits per heavy atom. The number of rotatable bonds is 4. The number of carbonyl (C=O) groups is 2. The molecule has 0 atom stereocenters. The highest BCUT2D eigenvalue weighted by atomic mass is 35.5. The SMILES string of the molecule is NC(=O)Cc1ccccc1.O=C(Cl)Cc1ccccc1. The molecule has 20 heavy (non-hydrogen) atoms. The zero-order valence-electron chi connectivity index (χ0n) is 11.0. The molecule has 0 radical (unpaired) electrons. The van der Waals surface area contributed by atoms with Crippen LogP contribution in [0.2, 0.25) is 0 Å². The van der Waals surface area contributed by atoms with Crippen molar-refractivity contribution in [3.8, 4) is 0 Å². The van der Waals surface area contributed by atoms with Crippen LogP contribution in [0.3, 0.4) is 0 Å². The lowest BCUT2D eigenvalue weighted by Crippen LogP contribution is -2.13. The van der Waals surface area contributed by atoms with Crippen molar-refractivity contribution in [2.45, 2.75) is 12.8 Å². The topological polar surface area (TPSA) is 60.2 Å². The van der Waals surface area contributed by atoms with Crippen LogP contribution in [0.25, 0.3) is 0 Å². The van der Waals surface area contributed by atoms with Crippen LogP contribution < -0.4 is 5.73 Å². The molecule has 0 aromatic heterocycles. The van der Waals surface area contributed by atoms with Gasteiger partial charge >= 0.3 is 0 Å². The van der Waals surface area contributed by atoms with Crippen LogP contribution in [0.15, 0.2) is 60.7 Å². The number of amides is 1. The van der Waals surface area contributed by atoms with Crippen molar-refractivity contribution >= 4 is 22.8 Å². The van der Waals surface area contributed by atoms with Gasteiger partial charge in [-0.05, 0) is 22.7 Å². The summed E-state index contributed by atoms with van der Waals surface area (Å²) in [6, 6.07) is 18.9. The second-order valence-electron chi connectivity index (χ2n) is 4.15. The number of carbonyl (C=O) groups excluding carboxylic acids is 2. The molecule has 0 saturated heterocycles. The zero-order valence-corrected chi connectivity index (χ0v) is 11.7. The lowest BCUT2D eigenvalue weighted by Gasteiger charge is -1.93. The van der Waals surface area contributed by atoms with Crippen molar-refractivity contribution in [2.24, 2.45) is 5.73 Å². The molecule has 0 bridgehead atoms. The first-order chi connectivity index (χ1) is 9.58. The largest absolute Gasteiger partial charge is 0.369 e. The van der Waals surface area contributed by atoms with Crippen LogP contribution in [0, 0.1) is 0 Å². The van der Waals surface area contributed by atoms with Gasteiger partial charge in [-0.3, -0.25) is 9.59 Å². The predicted molar refractivity (Wildman–Crippen MR) is 80.3 cm³/mol. The molecule has 1 amide bonds. The molecule has 0 aliphatic heterocycles. The number of primary amides is 1. The maximum Gasteiger partial charge on any atom is 0.226 e. The van der Waals surface area contributed by atoms with Crippen molar-refractivity contribution in [3.05, 3.63) is 71.8 Å². The van der Waals surface area contributed by atoms with E-state index in [0.29, 0.717) is 12.8 Å². The van der Waals surface area contributed by atoms with Gasteiger partial charge in [-0.2, -0.15) is 0 Å². The Balaban J connectivity index is 0.000000200. The summed E-state index contributed by atoms with van der Waals surface area (Å²) in [4.78, 5) is 20.8. The van der Waals surface area contributed by atoms with Gasteiger partial charge in [0.15, 0.2) is 0 Å². The monoisotopic (exact) mass is 289 g/mol. The number of hydrogen-bond acceptors (Lipinski definition) is 2. The smallest absolute Gasteiger partial charge is 0.226 e. The number of benzene rings is 2. The first-order valence-corrected chi connectivity index (χ1v) is 6.50. The Labute approximate surface area is 123 Å². The molecule has 0 heterocycles. The maximum absolute atomic E-state index is 10.4. The standard InChI is InChI=1S/C8H7ClO.C8H9NO/c2*9-8(10)6-7-4-2-1-3-5-7/h1-5H,6H2;1-5H,6H2,(H2,9,10). The van der Waals surface area contributed by atoms with Crippen LogP contribution in [0.1, 0.15) is 11.1 Å². The van der Waals surface area contributed by atoms with E-state index in [4.69, 9.17) is 17.3 Å². The first kappa shape index (κ1) is 15.9. The highest BCUT2D eigenvalue weighted by molar-refractivity contribution is 6.63. The summed E-state index contributed by atoms with van der Waals surface area (Å²) in [7, 11) is 0. The van der Waals surface area contributed by atoms with E-state index in [1.807, 2.05) is 60.7 Å². The minimum Gasteiger partial charge on any atom is -0.369 e. The lowest BCUT2D eigenvalue weighted by molar-refractivity contribution is -0.117. The fourth-order valence-corrected chi connectivity index (χ4v) is 1.71. The maximum atomic E-state index is 10.4. The minimum absolute atomic E-state index is 0.286. The van der Waals surface area contributed by atoms with Gasteiger partial charge in [0.2, 0.25) is 11.1 Å². The Bertz CT molecular complexity index is 489. The Morgan fingerprint density at radius 1 is 0.800 bits per heavy atom. The van der Waals surface area contributed by atoms with E-state index in [1.54, 1.807) is 0 Å². The fraction of sp³-hybridized carbons (Fsp3) is 0.125. The van der Waals surface area contributed by atoms with Gasteiger partial charge < -0.3 is 5.73 Å². The van der Waals surface area contributed by atoms with E-state index in [-0.39, 0.29) is 11.1 Å². The molecule has 104 valence electrons. The van der Waals surface area contributed by atoms with Crippen LogP contribution in [-0.4, -0.2) is 11.1 Å². The van der Waals surface area contributed by atoms with Crippen LogP contribution in [0.5, 0.6) is 0 Å². The fourth-order valence-electron chi connectivity index (χ4n) is 1.55. The third-order valence-corrected chi connectivity index (χ3v) is 2.54. The van der Waals surface area contributed by atoms with Gasteiger partial charge in [0.05, 0.1) is 6.42 Å². The molecule has 0 aliphatic rings. The summed E-state index contributed by atoms with van der Waals surface area (Å²) in [6.07, 6.45) is 0.656. The molecule has 0 saturated carbocycles. The molecule has 2 aromatic rings. The summed E-state index contributed by atoms with van der Waals surface area (Å²) in [5.41, 5.74) is 6.91. The highest BCUT2D eigenvalue weighted by Gasteiger charge is 1.96. The second-order valence-corrected chi connectivity index (χ2v) is 4.57. The van der Waals surface area contributed by atoms with Crippen molar-refractivity contribution in [2.75, 3.05) is 0 Å². The van der Waals surface area contributed by atoms with Crippen molar-refractivity contribution in [1.29, 1.82) is 0 Å². The van der Waals surface area contributed by atoms with E-state index in [2.05, 4.69) is 0 Å². The third kappa shape index (κ3) is 7.34. The highest BCUT2D eigenvalue weighted by Crippen LogP contribution is 2.01. The number of hydrogen-bond donors (Lipinski definition) is 1. The zero-order chi connectivity index (χ0) is 14.8. The summed E-state index contributed by atoms with van der Waals surface area (Å²) in [5.74, 6) is -0.286. The van der Waals surface area contributed by atoms with E-state index in [1.165, 1.54) is 0 Å². The van der Waals surface area contributed by atoms with Gasteiger partial charge in [0, 0.05) is 6.42 Å². The molecule has 3 nitrogen and oxygen atoms in total. The van der Waals surface area contributed by atoms with Gasteiger partial charge in [0.25, 0.3) is 0 Å². The molecule has 0 spiro atoms. The second kappa shape index (κ2) is 8.88. The molecule has 2 rings (SSSR count). The summed E-state index contributed by atoms with van der Waals surface area (Å²) in [5, 5.41) is -0.314. The lowest BCUT2D eigenvalue weighted by atomic mass is 10.1. The average molecular weight is 290 g/mol. The molecular weight excluding hydrogens is 274 g/mol. The minimum atomic E-state index is -0.314. The summed E-state index contributed by atoms with van der Waals surface area (Å²) >= 11 is 5.17. The number of nitrogens with two attached hydrogens (primary N) is 1. The van der Waals surface area contributed by atoms with E-state index >= 15 is 0 Å². The molecule has 2 aromatic carbocycles. The van der Waals surface area contributed by atoms with Crippen LogP contribution >= 0.6 is 11.6 Å².